The first-order valence-corrected chi connectivity index (χ1v) is 9.55. The second kappa shape index (κ2) is 11.4. The van der Waals surface area contributed by atoms with Crippen LogP contribution in [0.5, 0.6) is 5.75 Å². The summed E-state index contributed by atoms with van der Waals surface area (Å²) >= 11 is 0. The van der Waals surface area contributed by atoms with Gasteiger partial charge in [0.15, 0.2) is 0 Å². The van der Waals surface area contributed by atoms with Gasteiger partial charge < -0.3 is 4.74 Å². The Hall–Kier alpha value is -2.16. The Morgan fingerprint density at radius 2 is 1.28 bits per heavy atom. The Kier molecular flexibility index (Phi) is 8.74. The molecule has 0 aliphatic rings. The Morgan fingerprint density at radius 1 is 0.680 bits per heavy atom. The second-order valence-corrected chi connectivity index (χ2v) is 6.37. The zero-order chi connectivity index (χ0) is 17.7. The Bertz CT molecular complexity index is 617. The molecule has 0 amide bonds. The summed E-state index contributed by atoms with van der Waals surface area (Å²) in [5.74, 6) is 0.899. The fourth-order valence-electron chi connectivity index (χ4n) is 2.55. The van der Waals surface area contributed by atoms with E-state index in [0.29, 0.717) is 0 Å². The lowest BCUT2D eigenvalue weighted by molar-refractivity contribution is 0.305. The molecule has 0 radical (unpaired) electrons. The van der Waals surface area contributed by atoms with E-state index in [4.69, 9.17) is 4.74 Å². The molecule has 0 saturated heterocycles. The molecule has 0 aliphatic carbocycles. The van der Waals surface area contributed by atoms with Crippen LogP contribution in [0.2, 0.25) is 0 Å². The Morgan fingerprint density at radius 3 is 1.88 bits per heavy atom. The molecule has 0 N–H and O–H groups in total. The van der Waals surface area contributed by atoms with Crippen molar-refractivity contribution in [3.63, 3.8) is 0 Å². The summed E-state index contributed by atoms with van der Waals surface area (Å²) in [6, 6.07) is 16.1. The molecule has 0 aliphatic heterocycles. The summed E-state index contributed by atoms with van der Waals surface area (Å²) < 4.78 is 5.74. The first-order valence-electron chi connectivity index (χ1n) is 9.55. The van der Waals surface area contributed by atoms with Gasteiger partial charge in [0.2, 0.25) is 0 Å². The summed E-state index contributed by atoms with van der Waals surface area (Å²) in [6.45, 7) is 5.21. The number of nitrogens with zero attached hydrogens (tertiary/aromatic N) is 2. The number of hydrogen-bond donors (Lipinski definition) is 0. The Labute approximate surface area is 152 Å². The van der Waals surface area contributed by atoms with Crippen molar-refractivity contribution in [3.05, 3.63) is 54.1 Å². The third kappa shape index (κ3) is 7.51. The van der Waals surface area contributed by atoms with Gasteiger partial charge in [0.05, 0.1) is 18.0 Å². The number of rotatable bonds is 11. The highest BCUT2D eigenvalue weighted by atomic mass is 16.5. The predicted molar refractivity (Wildman–Crippen MR) is 105 cm³/mol. The number of benzene rings is 2. The fraction of sp³-hybridized carbons (Fsp3) is 0.455. The van der Waals surface area contributed by atoms with Crippen molar-refractivity contribution in [2.45, 2.75) is 58.8 Å². The van der Waals surface area contributed by atoms with Gasteiger partial charge in [-0.15, -0.1) is 0 Å². The van der Waals surface area contributed by atoms with Crippen molar-refractivity contribution in [1.29, 1.82) is 0 Å². The van der Waals surface area contributed by atoms with Crippen LogP contribution in [0.25, 0.3) is 0 Å². The standard InChI is InChI=1S/C22H30N2O/c1-3-5-7-8-18-25-22-16-14-21(15-17-22)24-23-20-12-10-19(11-13-20)9-6-4-2/h10-17H,3-9,18H2,1-2H3/b24-23+. The number of aryl methyl sites for hydroxylation is 1. The van der Waals surface area contributed by atoms with Crippen molar-refractivity contribution in [3.8, 4) is 5.75 Å². The predicted octanol–water partition coefficient (Wildman–Crippen LogP) is 7.40. The van der Waals surface area contributed by atoms with Crippen LogP contribution in [0.4, 0.5) is 11.4 Å². The zero-order valence-electron chi connectivity index (χ0n) is 15.6. The van der Waals surface area contributed by atoms with E-state index in [-0.39, 0.29) is 0 Å². The van der Waals surface area contributed by atoms with Gasteiger partial charge >= 0.3 is 0 Å². The SMILES string of the molecule is CCCCCCOc1ccc(/N=N/c2ccc(CCCC)cc2)cc1. The van der Waals surface area contributed by atoms with Crippen molar-refractivity contribution >= 4 is 11.4 Å². The van der Waals surface area contributed by atoms with Crippen molar-refractivity contribution < 1.29 is 4.74 Å². The van der Waals surface area contributed by atoms with Gasteiger partial charge in [-0.05, 0) is 61.2 Å². The molecule has 25 heavy (non-hydrogen) atoms. The molecular weight excluding hydrogens is 308 g/mol. The van der Waals surface area contributed by atoms with Gasteiger partial charge in [0.25, 0.3) is 0 Å². The van der Waals surface area contributed by atoms with Crippen LogP contribution in [0.1, 0.15) is 57.9 Å². The van der Waals surface area contributed by atoms with Crippen LogP contribution in [-0.2, 0) is 6.42 Å². The smallest absolute Gasteiger partial charge is 0.119 e. The lowest BCUT2D eigenvalue weighted by Gasteiger charge is -2.05. The van der Waals surface area contributed by atoms with Crippen LogP contribution < -0.4 is 4.74 Å². The minimum atomic E-state index is 0.783. The van der Waals surface area contributed by atoms with E-state index in [1.54, 1.807) is 0 Å². The maximum Gasteiger partial charge on any atom is 0.119 e. The quantitative estimate of drug-likeness (QED) is 0.310. The van der Waals surface area contributed by atoms with Gasteiger partial charge in [-0.2, -0.15) is 10.2 Å². The molecule has 3 nitrogen and oxygen atoms in total. The second-order valence-electron chi connectivity index (χ2n) is 6.37. The third-order valence-corrected chi connectivity index (χ3v) is 4.14. The average molecular weight is 338 g/mol. The lowest BCUT2D eigenvalue weighted by atomic mass is 10.1. The van der Waals surface area contributed by atoms with Crippen LogP contribution in [0.15, 0.2) is 58.8 Å². The Balaban J connectivity index is 1.80. The van der Waals surface area contributed by atoms with Crippen molar-refractivity contribution in [1.82, 2.24) is 0 Å². The monoisotopic (exact) mass is 338 g/mol. The average Bonchev–Trinajstić information content (AvgIpc) is 2.66. The molecule has 134 valence electrons. The largest absolute Gasteiger partial charge is 0.494 e. The summed E-state index contributed by atoms with van der Waals surface area (Å²) in [7, 11) is 0. The maximum atomic E-state index is 5.74. The highest BCUT2D eigenvalue weighted by molar-refractivity contribution is 5.43. The van der Waals surface area contributed by atoms with E-state index >= 15 is 0 Å². The molecule has 0 fully saturated rings. The number of hydrogen-bond acceptors (Lipinski definition) is 3. The van der Waals surface area contributed by atoms with Crippen LogP contribution in [0, 0.1) is 0 Å². The highest BCUT2D eigenvalue weighted by Gasteiger charge is 1.97. The van der Waals surface area contributed by atoms with Gasteiger partial charge in [-0.1, -0.05) is 51.7 Å². The molecule has 0 heterocycles. The lowest BCUT2D eigenvalue weighted by Crippen LogP contribution is -1.96. The minimum Gasteiger partial charge on any atom is -0.494 e. The number of unbranched alkanes of at least 4 members (excludes halogenated alkanes) is 4. The van der Waals surface area contributed by atoms with Crippen LogP contribution in [-0.4, -0.2) is 6.61 Å². The summed E-state index contributed by atoms with van der Waals surface area (Å²) in [5, 5.41) is 8.61. The summed E-state index contributed by atoms with van der Waals surface area (Å²) in [5.41, 5.74) is 3.09. The van der Waals surface area contributed by atoms with Crippen LogP contribution >= 0.6 is 0 Å². The molecule has 2 aromatic carbocycles. The number of ether oxygens (including phenoxy) is 1. The van der Waals surface area contributed by atoms with Gasteiger partial charge in [0, 0.05) is 0 Å². The van der Waals surface area contributed by atoms with Gasteiger partial charge in [-0.3, -0.25) is 0 Å². The summed E-state index contributed by atoms with van der Waals surface area (Å²) in [6.07, 6.45) is 8.47. The van der Waals surface area contributed by atoms with E-state index in [1.807, 2.05) is 36.4 Å². The minimum absolute atomic E-state index is 0.783. The van der Waals surface area contributed by atoms with Gasteiger partial charge in [0.1, 0.15) is 5.75 Å². The van der Waals surface area contributed by atoms with E-state index < -0.39 is 0 Å². The molecule has 0 spiro atoms. The van der Waals surface area contributed by atoms with E-state index in [9.17, 15) is 0 Å². The number of azo groups is 1. The van der Waals surface area contributed by atoms with Crippen molar-refractivity contribution in [2.75, 3.05) is 6.61 Å². The molecule has 0 bridgehead atoms. The molecule has 3 heteroatoms. The molecular formula is C22H30N2O. The molecule has 0 aromatic heterocycles. The topological polar surface area (TPSA) is 34.0 Å². The van der Waals surface area contributed by atoms with Gasteiger partial charge in [-0.25, -0.2) is 0 Å². The molecule has 0 atom stereocenters. The van der Waals surface area contributed by atoms with Crippen molar-refractivity contribution in [2.24, 2.45) is 10.2 Å². The molecule has 0 saturated carbocycles. The maximum absolute atomic E-state index is 5.74. The highest BCUT2D eigenvalue weighted by Crippen LogP contribution is 2.22. The molecule has 2 aromatic rings. The first kappa shape index (κ1) is 19.2. The van der Waals surface area contributed by atoms with E-state index in [1.165, 1.54) is 37.7 Å². The fourth-order valence-corrected chi connectivity index (χ4v) is 2.55. The third-order valence-electron chi connectivity index (χ3n) is 4.14. The first-order chi connectivity index (χ1) is 12.3. The zero-order valence-corrected chi connectivity index (χ0v) is 15.6. The van der Waals surface area contributed by atoms with Crippen LogP contribution in [0.3, 0.4) is 0 Å². The molecule has 2 rings (SSSR count). The molecule has 0 unspecified atom stereocenters. The van der Waals surface area contributed by atoms with E-state index in [2.05, 4.69) is 36.2 Å². The summed E-state index contributed by atoms with van der Waals surface area (Å²) in [4.78, 5) is 0. The normalized spacial score (nSPS) is 11.1. The van der Waals surface area contributed by atoms with E-state index in [0.717, 1.165) is 36.6 Å².